The number of terminal acetylenes is 1. The third-order valence-corrected chi connectivity index (χ3v) is 3.83. The lowest BCUT2D eigenvalue weighted by Crippen LogP contribution is -2.18. The number of benzene rings is 1. The first-order chi connectivity index (χ1) is 9.02. The largest absolute Gasteiger partial charge is 0.305 e. The molecule has 0 atom stereocenters. The van der Waals surface area contributed by atoms with Crippen LogP contribution in [-0.4, -0.2) is 10.5 Å². The Balaban J connectivity index is 2.70. The van der Waals surface area contributed by atoms with E-state index in [1.165, 1.54) is 16.9 Å². The van der Waals surface area contributed by atoms with E-state index >= 15 is 0 Å². The molecule has 3 nitrogen and oxygen atoms in total. The highest BCUT2D eigenvalue weighted by Crippen LogP contribution is 2.18. The Hall–Kier alpha value is -1.86. The first-order valence-electron chi connectivity index (χ1n) is 6.15. The Morgan fingerprint density at radius 3 is 2.89 bits per heavy atom. The van der Waals surface area contributed by atoms with Crippen molar-refractivity contribution >= 4 is 27.5 Å². The van der Waals surface area contributed by atoms with E-state index in [1.54, 1.807) is 0 Å². The first-order valence-corrected chi connectivity index (χ1v) is 6.96. The fourth-order valence-corrected chi connectivity index (χ4v) is 2.87. The van der Waals surface area contributed by atoms with Gasteiger partial charge in [0.1, 0.15) is 0 Å². The van der Waals surface area contributed by atoms with Crippen LogP contribution >= 0.6 is 11.3 Å². The zero-order valence-electron chi connectivity index (χ0n) is 11.3. The van der Waals surface area contributed by atoms with Gasteiger partial charge in [-0.3, -0.25) is 4.79 Å². The average molecular weight is 272 g/mol. The molecule has 0 saturated carbocycles. The Morgan fingerprint density at radius 2 is 2.26 bits per heavy atom. The molecule has 0 aliphatic rings. The summed E-state index contributed by atoms with van der Waals surface area (Å²) < 4.78 is 3.02. The van der Waals surface area contributed by atoms with Gasteiger partial charge in [-0.05, 0) is 24.6 Å². The lowest BCUT2D eigenvalue weighted by atomic mass is 10.2. The van der Waals surface area contributed by atoms with E-state index in [4.69, 9.17) is 6.42 Å². The van der Waals surface area contributed by atoms with Crippen molar-refractivity contribution in [2.24, 2.45) is 10.9 Å². The normalized spacial score (nSPS) is 12.1. The number of carbonyl (C=O) groups excluding carboxylic acids is 1. The van der Waals surface area contributed by atoms with Crippen LogP contribution < -0.4 is 4.80 Å². The zero-order chi connectivity index (χ0) is 14.0. The number of nitrogens with zero attached hydrogens (tertiary/aromatic N) is 2. The molecule has 0 radical (unpaired) electrons. The van der Waals surface area contributed by atoms with Crippen LogP contribution in [0.4, 0.5) is 0 Å². The van der Waals surface area contributed by atoms with E-state index in [9.17, 15) is 4.79 Å². The number of hydrogen-bond donors (Lipinski definition) is 0. The van der Waals surface area contributed by atoms with Gasteiger partial charge in [0.15, 0.2) is 4.80 Å². The molecule has 0 aliphatic carbocycles. The third kappa shape index (κ3) is 2.77. The van der Waals surface area contributed by atoms with Crippen molar-refractivity contribution in [1.29, 1.82) is 0 Å². The van der Waals surface area contributed by atoms with Gasteiger partial charge in [-0.1, -0.05) is 37.2 Å². The molecular formula is C15H16N2OS. The molecular weight excluding hydrogens is 256 g/mol. The second-order valence-corrected chi connectivity index (χ2v) is 5.76. The fraction of sp³-hybridized carbons (Fsp3) is 0.333. The summed E-state index contributed by atoms with van der Waals surface area (Å²) in [5.74, 6) is 2.40. The minimum Gasteiger partial charge on any atom is -0.305 e. The van der Waals surface area contributed by atoms with Crippen molar-refractivity contribution in [2.45, 2.75) is 27.3 Å². The van der Waals surface area contributed by atoms with Gasteiger partial charge < -0.3 is 4.57 Å². The van der Waals surface area contributed by atoms with Crippen LogP contribution in [0.15, 0.2) is 23.2 Å². The molecule has 1 aromatic carbocycles. The summed E-state index contributed by atoms with van der Waals surface area (Å²) in [6, 6.07) is 6.15. The molecule has 1 heterocycles. The molecule has 98 valence electrons. The second-order valence-electron chi connectivity index (χ2n) is 4.75. The summed E-state index contributed by atoms with van der Waals surface area (Å²) in [5.41, 5.74) is 2.21. The van der Waals surface area contributed by atoms with Gasteiger partial charge >= 0.3 is 0 Å². The Morgan fingerprint density at radius 1 is 1.53 bits per heavy atom. The van der Waals surface area contributed by atoms with Gasteiger partial charge in [0.25, 0.3) is 5.91 Å². The number of thiazole rings is 1. The highest BCUT2D eigenvalue weighted by atomic mass is 32.1. The zero-order valence-corrected chi connectivity index (χ0v) is 12.1. The van der Waals surface area contributed by atoms with E-state index in [1.807, 2.05) is 37.5 Å². The molecule has 0 fully saturated rings. The van der Waals surface area contributed by atoms with Gasteiger partial charge in [-0.2, -0.15) is 4.99 Å². The fourth-order valence-electron chi connectivity index (χ4n) is 1.73. The van der Waals surface area contributed by atoms with Crippen LogP contribution in [0.2, 0.25) is 0 Å². The summed E-state index contributed by atoms with van der Waals surface area (Å²) in [6.45, 7) is 6.15. The number of carbonyl (C=O) groups is 1. The van der Waals surface area contributed by atoms with E-state index in [-0.39, 0.29) is 11.8 Å². The van der Waals surface area contributed by atoms with Crippen LogP contribution in [-0.2, 0) is 11.3 Å². The summed E-state index contributed by atoms with van der Waals surface area (Å²) in [4.78, 5) is 16.7. The standard InChI is InChI=1S/C15H16N2OS/c1-5-8-17-12-7-6-11(4)9-13(12)19-15(17)16-14(18)10(2)3/h1,6-7,9-10H,8H2,2-4H3. The van der Waals surface area contributed by atoms with Crippen LogP contribution in [0, 0.1) is 25.2 Å². The Bertz CT molecular complexity index is 729. The van der Waals surface area contributed by atoms with Gasteiger partial charge in [-0.25, -0.2) is 0 Å². The van der Waals surface area contributed by atoms with Crippen LogP contribution in [0.5, 0.6) is 0 Å². The molecule has 0 bridgehead atoms. The van der Waals surface area contributed by atoms with Crippen molar-refractivity contribution in [1.82, 2.24) is 4.57 Å². The maximum atomic E-state index is 11.8. The monoisotopic (exact) mass is 272 g/mol. The van der Waals surface area contributed by atoms with Gasteiger partial charge in [0.05, 0.1) is 16.8 Å². The summed E-state index contributed by atoms with van der Waals surface area (Å²) >= 11 is 1.50. The van der Waals surface area contributed by atoms with Crippen molar-refractivity contribution in [3.05, 3.63) is 28.6 Å². The van der Waals surface area contributed by atoms with Gasteiger partial charge in [0.2, 0.25) is 0 Å². The molecule has 2 aromatic rings. The average Bonchev–Trinajstić information content (AvgIpc) is 2.67. The SMILES string of the molecule is C#CCn1c(=NC(=O)C(C)C)sc2cc(C)ccc21. The van der Waals surface area contributed by atoms with Crippen molar-refractivity contribution in [3.8, 4) is 12.3 Å². The molecule has 0 saturated heterocycles. The minimum atomic E-state index is -0.117. The topological polar surface area (TPSA) is 34.4 Å². The molecule has 1 amide bonds. The quantitative estimate of drug-likeness (QED) is 0.774. The molecule has 1 aromatic heterocycles. The van der Waals surface area contributed by atoms with Gasteiger partial charge in [-0.15, -0.1) is 6.42 Å². The molecule has 0 unspecified atom stereocenters. The van der Waals surface area contributed by atoms with Crippen LogP contribution in [0.25, 0.3) is 10.2 Å². The molecule has 0 spiro atoms. The molecule has 2 rings (SSSR count). The highest BCUT2D eigenvalue weighted by molar-refractivity contribution is 7.16. The smallest absolute Gasteiger partial charge is 0.250 e. The summed E-state index contributed by atoms with van der Waals surface area (Å²) in [7, 11) is 0. The lowest BCUT2D eigenvalue weighted by Gasteiger charge is -2.00. The number of fused-ring (bicyclic) bond motifs is 1. The van der Waals surface area contributed by atoms with Crippen molar-refractivity contribution in [3.63, 3.8) is 0 Å². The maximum absolute atomic E-state index is 11.8. The predicted molar refractivity (Wildman–Crippen MR) is 78.8 cm³/mol. The third-order valence-electron chi connectivity index (χ3n) is 2.79. The molecule has 19 heavy (non-hydrogen) atoms. The van der Waals surface area contributed by atoms with Crippen LogP contribution in [0.3, 0.4) is 0 Å². The summed E-state index contributed by atoms with van der Waals surface area (Å²) in [6.07, 6.45) is 5.41. The lowest BCUT2D eigenvalue weighted by molar-refractivity contribution is -0.120. The highest BCUT2D eigenvalue weighted by Gasteiger charge is 2.09. The van der Waals surface area contributed by atoms with Crippen molar-refractivity contribution in [2.75, 3.05) is 0 Å². The van der Waals surface area contributed by atoms with Crippen LogP contribution in [0.1, 0.15) is 19.4 Å². The first kappa shape index (κ1) is 13.6. The van der Waals surface area contributed by atoms with Gasteiger partial charge in [0, 0.05) is 5.92 Å². The van der Waals surface area contributed by atoms with Crippen molar-refractivity contribution < 1.29 is 4.79 Å². The molecule has 0 N–H and O–H groups in total. The summed E-state index contributed by atoms with van der Waals surface area (Å²) in [5, 5.41) is 0. The second kappa shape index (κ2) is 5.41. The predicted octanol–water partition coefficient (Wildman–Crippen LogP) is 2.73. The van der Waals surface area contributed by atoms with E-state index in [0.717, 1.165) is 10.2 Å². The Labute approximate surface area is 116 Å². The Kier molecular flexibility index (Phi) is 3.87. The number of aryl methyl sites for hydroxylation is 1. The van der Waals surface area contributed by atoms with E-state index in [2.05, 4.69) is 17.0 Å². The number of aromatic nitrogens is 1. The van der Waals surface area contributed by atoms with E-state index in [0.29, 0.717) is 11.3 Å². The number of rotatable bonds is 2. The number of amides is 1. The molecule has 0 aliphatic heterocycles. The molecule has 4 heteroatoms. The van der Waals surface area contributed by atoms with E-state index < -0.39 is 0 Å². The maximum Gasteiger partial charge on any atom is 0.250 e. The minimum absolute atomic E-state index is 0.105. The number of hydrogen-bond acceptors (Lipinski definition) is 2.